The Kier molecular flexibility index (Phi) is 3.52. The third-order valence-corrected chi connectivity index (χ3v) is 5.70. The molecule has 0 aromatic carbocycles. The van der Waals surface area contributed by atoms with Gasteiger partial charge in [0.1, 0.15) is 5.56 Å². The quantitative estimate of drug-likeness (QED) is 0.883. The zero-order valence-electron chi connectivity index (χ0n) is 12.1. The minimum Gasteiger partial charge on any atom is -0.478 e. The predicted octanol–water partition coefficient (Wildman–Crippen LogP) is 2.36. The van der Waals surface area contributed by atoms with E-state index in [0.717, 1.165) is 11.9 Å². The van der Waals surface area contributed by atoms with Gasteiger partial charge >= 0.3 is 5.97 Å². The van der Waals surface area contributed by atoms with Crippen LogP contribution in [-0.4, -0.2) is 43.4 Å². The summed E-state index contributed by atoms with van der Waals surface area (Å²) >= 11 is 1.86. The third kappa shape index (κ3) is 2.35. The SMILES string of the molecule is CSC1(CNc2c(C(=O)O)cnc3c2cnn3C)CCC1. The summed E-state index contributed by atoms with van der Waals surface area (Å²) in [7, 11) is 1.80. The molecule has 2 aromatic heterocycles. The smallest absolute Gasteiger partial charge is 0.339 e. The molecule has 0 unspecified atom stereocenters. The first-order valence-electron chi connectivity index (χ1n) is 6.89. The van der Waals surface area contributed by atoms with Crippen molar-refractivity contribution in [3.63, 3.8) is 0 Å². The van der Waals surface area contributed by atoms with E-state index in [1.165, 1.54) is 25.5 Å². The lowest BCUT2D eigenvalue weighted by Gasteiger charge is -2.40. The highest BCUT2D eigenvalue weighted by atomic mass is 32.2. The monoisotopic (exact) mass is 306 g/mol. The van der Waals surface area contributed by atoms with E-state index in [1.807, 2.05) is 11.8 Å². The van der Waals surface area contributed by atoms with E-state index in [4.69, 9.17) is 0 Å². The first-order chi connectivity index (χ1) is 10.1. The zero-order valence-corrected chi connectivity index (χ0v) is 12.9. The van der Waals surface area contributed by atoms with Crippen molar-refractivity contribution in [2.45, 2.75) is 24.0 Å². The van der Waals surface area contributed by atoms with Crippen LogP contribution in [0.4, 0.5) is 5.69 Å². The zero-order chi connectivity index (χ0) is 15.0. The van der Waals surface area contributed by atoms with Gasteiger partial charge in [-0.3, -0.25) is 4.68 Å². The Morgan fingerprint density at radius 1 is 1.52 bits per heavy atom. The summed E-state index contributed by atoms with van der Waals surface area (Å²) in [4.78, 5) is 15.6. The number of hydrogen-bond donors (Lipinski definition) is 2. The van der Waals surface area contributed by atoms with Crippen LogP contribution in [0.3, 0.4) is 0 Å². The first-order valence-corrected chi connectivity index (χ1v) is 8.12. The van der Waals surface area contributed by atoms with Crippen LogP contribution in [-0.2, 0) is 7.05 Å². The molecule has 0 atom stereocenters. The van der Waals surface area contributed by atoms with Gasteiger partial charge in [0, 0.05) is 24.5 Å². The van der Waals surface area contributed by atoms with Gasteiger partial charge in [0.15, 0.2) is 5.65 Å². The first kappa shape index (κ1) is 14.2. The molecule has 0 radical (unpaired) electrons. The van der Waals surface area contributed by atoms with Crippen molar-refractivity contribution in [1.29, 1.82) is 0 Å². The van der Waals surface area contributed by atoms with E-state index in [2.05, 4.69) is 21.7 Å². The van der Waals surface area contributed by atoms with Gasteiger partial charge in [-0.1, -0.05) is 6.42 Å². The molecule has 2 N–H and O–H groups in total. The third-order valence-electron chi connectivity index (χ3n) is 4.28. The molecule has 1 saturated carbocycles. The molecule has 1 fully saturated rings. The predicted molar refractivity (Wildman–Crippen MR) is 84.1 cm³/mol. The number of aromatic nitrogens is 3. The lowest BCUT2D eigenvalue weighted by atomic mass is 9.84. The Hall–Kier alpha value is -1.76. The fraction of sp³-hybridized carbons (Fsp3) is 0.500. The van der Waals surface area contributed by atoms with Gasteiger partial charge in [-0.2, -0.15) is 16.9 Å². The number of aryl methyl sites for hydroxylation is 1. The number of hydrogen-bond acceptors (Lipinski definition) is 5. The summed E-state index contributed by atoms with van der Waals surface area (Å²) in [6, 6.07) is 0. The molecule has 112 valence electrons. The highest BCUT2D eigenvalue weighted by molar-refractivity contribution is 8.00. The van der Waals surface area contributed by atoms with Gasteiger partial charge in [-0.25, -0.2) is 9.78 Å². The van der Waals surface area contributed by atoms with Gasteiger partial charge < -0.3 is 10.4 Å². The molecule has 3 rings (SSSR count). The highest BCUT2D eigenvalue weighted by Gasteiger charge is 2.36. The fourth-order valence-electron chi connectivity index (χ4n) is 2.72. The van der Waals surface area contributed by atoms with E-state index in [0.29, 0.717) is 11.3 Å². The summed E-state index contributed by atoms with van der Waals surface area (Å²) in [6.07, 6.45) is 8.78. The summed E-state index contributed by atoms with van der Waals surface area (Å²) in [6.45, 7) is 0.766. The average Bonchev–Trinajstić information content (AvgIpc) is 2.80. The van der Waals surface area contributed by atoms with Gasteiger partial charge in [-0.15, -0.1) is 0 Å². The molecule has 6 nitrogen and oxygen atoms in total. The number of carboxylic acids is 1. The van der Waals surface area contributed by atoms with E-state index in [-0.39, 0.29) is 10.3 Å². The van der Waals surface area contributed by atoms with Crippen LogP contribution in [0.15, 0.2) is 12.4 Å². The van der Waals surface area contributed by atoms with Crippen LogP contribution in [0.2, 0.25) is 0 Å². The van der Waals surface area contributed by atoms with Crippen LogP contribution in [0.1, 0.15) is 29.6 Å². The van der Waals surface area contributed by atoms with E-state index < -0.39 is 5.97 Å². The normalized spacial score (nSPS) is 16.7. The number of nitrogens with zero attached hydrogens (tertiary/aromatic N) is 3. The van der Waals surface area contributed by atoms with Crippen LogP contribution >= 0.6 is 11.8 Å². The number of carbonyl (C=O) groups is 1. The van der Waals surface area contributed by atoms with Gasteiger partial charge in [0.05, 0.1) is 17.3 Å². The van der Waals surface area contributed by atoms with Crippen molar-refractivity contribution < 1.29 is 9.90 Å². The summed E-state index contributed by atoms with van der Waals surface area (Å²) in [5.41, 5.74) is 1.52. The maximum absolute atomic E-state index is 11.4. The standard InChI is InChI=1S/C14H18N4O2S/c1-18-12-9(7-17-18)11(10(6-15-12)13(19)20)16-8-14(21-2)4-3-5-14/h6-7H,3-5,8H2,1-2H3,(H,15,16)(H,19,20). The van der Waals surface area contributed by atoms with Crippen molar-refractivity contribution in [3.8, 4) is 0 Å². The van der Waals surface area contributed by atoms with Crippen molar-refractivity contribution in [1.82, 2.24) is 14.8 Å². The number of carboxylic acid groups (broad SMARTS) is 1. The number of fused-ring (bicyclic) bond motifs is 1. The summed E-state index contributed by atoms with van der Waals surface area (Å²) in [5.74, 6) is -0.970. The van der Waals surface area contributed by atoms with Crippen molar-refractivity contribution in [3.05, 3.63) is 18.0 Å². The highest BCUT2D eigenvalue weighted by Crippen LogP contribution is 2.43. The lowest BCUT2D eigenvalue weighted by molar-refractivity contribution is 0.0697. The molecule has 21 heavy (non-hydrogen) atoms. The Bertz CT molecular complexity index is 688. The maximum Gasteiger partial charge on any atom is 0.339 e. The lowest BCUT2D eigenvalue weighted by Crippen LogP contribution is -2.40. The topological polar surface area (TPSA) is 80.0 Å². The largest absolute Gasteiger partial charge is 0.478 e. The average molecular weight is 306 g/mol. The number of aromatic carboxylic acids is 1. The second kappa shape index (κ2) is 5.22. The second-order valence-electron chi connectivity index (χ2n) is 5.45. The van der Waals surface area contributed by atoms with E-state index >= 15 is 0 Å². The Morgan fingerprint density at radius 2 is 2.29 bits per heavy atom. The van der Waals surface area contributed by atoms with Crippen LogP contribution < -0.4 is 5.32 Å². The van der Waals surface area contributed by atoms with Gasteiger partial charge in [0.25, 0.3) is 0 Å². The number of anilines is 1. The van der Waals surface area contributed by atoms with E-state index in [9.17, 15) is 9.90 Å². The number of nitrogens with one attached hydrogen (secondary N) is 1. The Labute approximate surface area is 126 Å². The fourth-order valence-corrected chi connectivity index (χ4v) is 3.64. The van der Waals surface area contributed by atoms with Crippen LogP contribution in [0.25, 0.3) is 11.0 Å². The van der Waals surface area contributed by atoms with Crippen molar-refractivity contribution in [2.75, 3.05) is 18.1 Å². The summed E-state index contributed by atoms with van der Waals surface area (Å²) < 4.78 is 1.88. The minimum atomic E-state index is -0.970. The van der Waals surface area contributed by atoms with Gasteiger partial charge in [0.2, 0.25) is 0 Å². The molecule has 1 aliphatic rings. The van der Waals surface area contributed by atoms with E-state index in [1.54, 1.807) is 17.9 Å². The molecule has 0 aliphatic heterocycles. The molecule has 2 heterocycles. The molecule has 0 bridgehead atoms. The Balaban J connectivity index is 1.98. The number of rotatable bonds is 5. The molecule has 0 amide bonds. The van der Waals surface area contributed by atoms with Gasteiger partial charge in [-0.05, 0) is 19.1 Å². The Morgan fingerprint density at radius 3 is 2.86 bits per heavy atom. The molecular formula is C14H18N4O2S. The number of thioether (sulfide) groups is 1. The molecule has 0 saturated heterocycles. The maximum atomic E-state index is 11.4. The minimum absolute atomic E-state index is 0.200. The summed E-state index contributed by atoms with van der Waals surface area (Å²) in [5, 5.41) is 17.7. The molecule has 0 spiro atoms. The van der Waals surface area contributed by atoms with Crippen LogP contribution in [0.5, 0.6) is 0 Å². The van der Waals surface area contributed by atoms with Crippen LogP contribution in [0, 0.1) is 0 Å². The molecule has 7 heteroatoms. The molecule has 2 aromatic rings. The van der Waals surface area contributed by atoms with Crippen molar-refractivity contribution >= 4 is 34.5 Å². The molecular weight excluding hydrogens is 288 g/mol. The second-order valence-corrected chi connectivity index (χ2v) is 6.73. The number of pyridine rings is 1. The molecule has 1 aliphatic carbocycles. The van der Waals surface area contributed by atoms with Crippen molar-refractivity contribution in [2.24, 2.45) is 7.05 Å².